The Balaban J connectivity index is 2.42. The molecule has 1 atom stereocenters. The van der Waals surface area contributed by atoms with Crippen LogP contribution in [0.15, 0.2) is 0 Å². The summed E-state index contributed by atoms with van der Waals surface area (Å²) in [7, 11) is 0. The van der Waals surface area contributed by atoms with Crippen molar-refractivity contribution < 1.29 is 9.53 Å². The van der Waals surface area contributed by atoms with E-state index in [1.54, 1.807) is 6.92 Å². The average Bonchev–Trinajstić information content (AvgIpc) is 1.96. The predicted molar refractivity (Wildman–Crippen MR) is 56.4 cm³/mol. The first-order valence-corrected chi connectivity index (χ1v) is 5.29. The molecule has 0 spiro atoms. The summed E-state index contributed by atoms with van der Waals surface area (Å²) in [6.45, 7) is 10.7. The molecule has 0 saturated carbocycles. The zero-order chi connectivity index (χ0) is 10.8. The molecule has 14 heavy (non-hydrogen) atoms. The highest BCUT2D eigenvalue weighted by Gasteiger charge is 2.30. The molecule has 0 N–H and O–H groups in total. The molecule has 1 fully saturated rings. The minimum Gasteiger partial charge on any atom is -0.370 e. The quantitative estimate of drug-likeness (QED) is 0.689. The van der Waals surface area contributed by atoms with Crippen LogP contribution in [0.3, 0.4) is 0 Å². The standard InChI is InChI=1S/C11H21NO2/c1-9(13)5-6-12-7-10(2)14-11(3,4)8-12/h10H,5-8H2,1-4H3. The molecule has 82 valence electrons. The van der Waals surface area contributed by atoms with E-state index in [-0.39, 0.29) is 17.5 Å². The maximum absolute atomic E-state index is 10.9. The Hall–Kier alpha value is -0.410. The van der Waals surface area contributed by atoms with E-state index in [0.717, 1.165) is 19.6 Å². The van der Waals surface area contributed by atoms with Gasteiger partial charge in [0.05, 0.1) is 11.7 Å². The minimum absolute atomic E-state index is 0.0749. The molecule has 3 nitrogen and oxygen atoms in total. The van der Waals surface area contributed by atoms with E-state index in [9.17, 15) is 4.79 Å². The van der Waals surface area contributed by atoms with E-state index >= 15 is 0 Å². The molecule has 0 aromatic heterocycles. The monoisotopic (exact) mass is 199 g/mol. The third-order valence-electron chi connectivity index (χ3n) is 2.42. The summed E-state index contributed by atoms with van der Waals surface area (Å²) in [5, 5.41) is 0. The fraction of sp³-hybridized carbons (Fsp3) is 0.909. The molecule has 0 aromatic rings. The highest BCUT2D eigenvalue weighted by molar-refractivity contribution is 5.75. The zero-order valence-corrected chi connectivity index (χ0v) is 9.67. The predicted octanol–water partition coefficient (Wildman–Crippen LogP) is 1.46. The summed E-state index contributed by atoms with van der Waals surface area (Å²) in [5.74, 6) is 0.266. The Labute approximate surface area is 86.4 Å². The summed E-state index contributed by atoms with van der Waals surface area (Å²) < 4.78 is 5.78. The van der Waals surface area contributed by atoms with Crippen molar-refractivity contribution in [3.63, 3.8) is 0 Å². The lowest BCUT2D eigenvalue weighted by Gasteiger charge is -2.41. The number of hydrogen-bond donors (Lipinski definition) is 0. The second-order valence-corrected chi connectivity index (χ2v) is 4.88. The molecule has 1 aliphatic heterocycles. The maximum atomic E-state index is 10.9. The van der Waals surface area contributed by atoms with Gasteiger partial charge in [-0.1, -0.05) is 0 Å². The molecule has 0 amide bonds. The van der Waals surface area contributed by atoms with Gasteiger partial charge < -0.3 is 4.74 Å². The van der Waals surface area contributed by atoms with E-state index < -0.39 is 0 Å². The van der Waals surface area contributed by atoms with E-state index in [1.165, 1.54) is 0 Å². The van der Waals surface area contributed by atoms with Crippen molar-refractivity contribution in [3.05, 3.63) is 0 Å². The van der Waals surface area contributed by atoms with Crippen LogP contribution in [-0.4, -0.2) is 42.0 Å². The number of nitrogens with zero attached hydrogens (tertiary/aromatic N) is 1. The number of rotatable bonds is 3. The first-order chi connectivity index (χ1) is 6.39. The van der Waals surface area contributed by atoms with Crippen molar-refractivity contribution >= 4 is 5.78 Å². The van der Waals surface area contributed by atoms with Gasteiger partial charge in [0, 0.05) is 26.1 Å². The van der Waals surface area contributed by atoms with Crippen LogP contribution in [-0.2, 0) is 9.53 Å². The van der Waals surface area contributed by atoms with Crippen LogP contribution >= 0.6 is 0 Å². The first kappa shape index (κ1) is 11.7. The van der Waals surface area contributed by atoms with Crippen LogP contribution in [0.25, 0.3) is 0 Å². The summed E-state index contributed by atoms with van der Waals surface area (Å²) in [4.78, 5) is 13.2. The fourth-order valence-electron chi connectivity index (χ4n) is 2.07. The average molecular weight is 199 g/mol. The van der Waals surface area contributed by atoms with Gasteiger partial charge in [0.2, 0.25) is 0 Å². The number of morpholine rings is 1. The lowest BCUT2D eigenvalue weighted by molar-refractivity contribution is -0.132. The molecule has 0 bridgehead atoms. The van der Waals surface area contributed by atoms with Crippen molar-refractivity contribution in [2.75, 3.05) is 19.6 Å². The number of Topliss-reactive ketones (excluding diaryl/α,β-unsaturated/α-hetero) is 1. The molecular formula is C11H21NO2. The van der Waals surface area contributed by atoms with Crippen LogP contribution in [0.1, 0.15) is 34.1 Å². The molecule has 0 aromatic carbocycles. The zero-order valence-electron chi connectivity index (χ0n) is 9.67. The van der Waals surface area contributed by atoms with Gasteiger partial charge in [0.1, 0.15) is 5.78 Å². The van der Waals surface area contributed by atoms with Crippen molar-refractivity contribution in [1.82, 2.24) is 4.90 Å². The normalized spacial score (nSPS) is 27.6. The molecule has 1 aliphatic rings. The largest absolute Gasteiger partial charge is 0.370 e. The third kappa shape index (κ3) is 3.76. The lowest BCUT2D eigenvalue weighted by Crippen LogP contribution is -2.52. The molecule has 1 unspecified atom stereocenters. The van der Waals surface area contributed by atoms with Gasteiger partial charge in [-0.25, -0.2) is 0 Å². The van der Waals surface area contributed by atoms with Gasteiger partial charge in [0.15, 0.2) is 0 Å². The van der Waals surface area contributed by atoms with E-state index in [2.05, 4.69) is 25.7 Å². The lowest BCUT2D eigenvalue weighted by atomic mass is 10.1. The van der Waals surface area contributed by atoms with Crippen LogP contribution < -0.4 is 0 Å². The second-order valence-electron chi connectivity index (χ2n) is 4.88. The molecule has 0 radical (unpaired) electrons. The number of carbonyl (C=O) groups is 1. The Morgan fingerprint density at radius 1 is 1.57 bits per heavy atom. The summed E-state index contributed by atoms with van der Waals surface area (Å²) >= 11 is 0. The van der Waals surface area contributed by atoms with E-state index in [0.29, 0.717) is 6.42 Å². The van der Waals surface area contributed by atoms with Crippen LogP contribution in [0.4, 0.5) is 0 Å². The first-order valence-electron chi connectivity index (χ1n) is 5.29. The maximum Gasteiger partial charge on any atom is 0.131 e. The van der Waals surface area contributed by atoms with Crippen LogP contribution in [0, 0.1) is 0 Å². The van der Waals surface area contributed by atoms with Gasteiger partial charge in [-0.3, -0.25) is 9.69 Å². The Morgan fingerprint density at radius 3 is 2.71 bits per heavy atom. The van der Waals surface area contributed by atoms with Crippen molar-refractivity contribution in [3.8, 4) is 0 Å². The van der Waals surface area contributed by atoms with Crippen molar-refractivity contribution in [2.45, 2.75) is 45.8 Å². The Kier molecular flexibility index (Phi) is 3.67. The van der Waals surface area contributed by atoms with E-state index in [4.69, 9.17) is 4.74 Å². The van der Waals surface area contributed by atoms with Gasteiger partial charge in [-0.15, -0.1) is 0 Å². The minimum atomic E-state index is -0.0749. The summed E-state index contributed by atoms with van der Waals surface area (Å²) in [5.41, 5.74) is -0.0749. The number of ether oxygens (including phenoxy) is 1. The van der Waals surface area contributed by atoms with Crippen molar-refractivity contribution in [2.24, 2.45) is 0 Å². The van der Waals surface area contributed by atoms with Gasteiger partial charge in [-0.05, 0) is 27.7 Å². The number of carbonyl (C=O) groups excluding carboxylic acids is 1. The Bertz CT molecular complexity index is 213. The highest BCUT2D eigenvalue weighted by atomic mass is 16.5. The summed E-state index contributed by atoms with van der Waals surface area (Å²) in [6.07, 6.45) is 0.925. The SMILES string of the molecule is CC(=O)CCN1CC(C)OC(C)(C)C1. The molecule has 0 aliphatic carbocycles. The highest BCUT2D eigenvalue weighted by Crippen LogP contribution is 2.20. The molecular weight excluding hydrogens is 178 g/mol. The smallest absolute Gasteiger partial charge is 0.131 e. The summed E-state index contributed by atoms with van der Waals surface area (Å²) in [6, 6.07) is 0. The van der Waals surface area contributed by atoms with Crippen LogP contribution in [0.2, 0.25) is 0 Å². The Morgan fingerprint density at radius 2 is 2.21 bits per heavy atom. The third-order valence-corrected chi connectivity index (χ3v) is 2.42. The molecule has 1 heterocycles. The topological polar surface area (TPSA) is 29.5 Å². The number of ketones is 1. The van der Waals surface area contributed by atoms with Crippen LogP contribution in [0.5, 0.6) is 0 Å². The van der Waals surface area contributed by atoms with Gasteiger partial charge >= 0.3 is 0 Å². The fourth-order valence-corrected chi connectivity index (χ4v) is 2.07. The molecule has 1 saturated heterocycles. The van der Waals surface area contributed by atoms with Gasteiger partial charge in [-0.2, -0.15) is 0 Å². The molecule has 3 heteroatoms. The number of hydrogen-bond acceptors (Lipinski definition) is 3. The van der Waals surface area contributed by atoms with Crippen molar-refractivity contribution in [1.29, 1.82) is 0 Å². The second kappa shape index (κ2) is 4.41. The molecule has 1 rings (SSSR count). The van der Waals surface area contributed by atoms with E-state index in [1.807, 2.05) is 0 Å². The van der Waals surface area contributed by atoms with Gasteiger partial charge in [0.25, 0.3) is 0 Å².